The van der Waals surface area contributed by atoms with Crippen molar-refractivity contribution in [2.75, 3.05) is 13.1 Å². The number of thiophene rings is 1. The molecule has 0 aromatic carbocycles. The van der Waals surface area contributed by atoms with E-state index in [0.717, 1.165) is 0 Å². The fourth-order valence-corrected chi connectivity index (χ4v) is 1.91. The molecular weight excluding hydrogens is 268 g/mol. The van der Waals surface area contributed by atoms with Gasteiger partial charge in [0.15, 0.2) is 0 Å². The first-order valence-corrected chi connectivity index (χ1v) is 6.70. The first-order chi connectivity index (χ1) is 9.00. The minimum absolute atomic E-state index is 0.113. The molecule has 104 valence electrons. The quantitative estimate of drug-likeness (QED) is 0.687. The molecule has 2 amide bonds. The SMILES string of the molecule is CC(CCNC(=O)CNC(=O)c1cccs1)C(=O)O. The van der Waals surface area contributed by atoms with Gasteiger partial charge in [0.1, 0.15) is 0 Å². The zero-order valence-electron chi connectivity index (χ0n) is 10.5. The van der Waals surface area contributed by atoms with Gasteiger partial charge < -0.3 is 15.7 Å². The highest BCUT2D eigenvalue weighted by atomic mass is 32.1. The van der Waals surface area contributed by atoms with Crippen molar-refractivity contribution in [1.29, 1.82) is 0 Å². The van der Waals surface area contributed by atoms with Crippen LogP contribution in [0.25, 0.3) is 0 Å². The van der Waals surface area contributed by atoms with Crippen LogP contribution in [0, 0.1) is 5.92 Å². The number of amides is 2. The molecule has 0 fully saturated rings. The lowest BCUT2D eigenvalue weighted by molar-refractivity contribution is -0.141. The summed E-state index contributed by atoms with van der Waals surface area (Å²) in [5, 5.41) is 15.5. The van der Waals surface area contributed by atoms with Crippen LogP contribution in [-0.4, -0.2) is 36.0 Å². The van der Waals surface area contributed by atoms with Gasteiger partial charge in [-0.1, -0.05) is 13.0 Å². The van der Waals surface area contributed by atoms with Crippen LogP contribution in [0.15, 0.2) is 17.5 Å². The Morgan fingerprint density at radius 3 is 2.68 bits per heavy atom. The third-order valence-corrected chi connectivity index (χ3v) is 3.34. The van der Waals surface area contributed by atoms with Crippen LogP contribution in [0.5, 0.6) is 0 Å². The Balaban J connectivity index is 2.18. The van der Waals surface area contributed by atoms with Crippen LogP contribution in [-0.2, 0) is 9.59 Å². The predicted molar refractivity (Wildman–Crippen MR) is 71.1 cm³/mol. The summed E-state index contributed by atoms with van der Waals surface area (Å²) >= 11 is 1.30. The van der Waals surface area contributed by atoms with Crippen molar-refractivity contribution in [1.82, 2.24) is 10.6 Å². The smallest absolute Gasteiger partial charge is 0.306 e. The maximum absolute atomic E-state index is 11.5. The number of carbonyl (C=O) groups excluding carboxylic acids is 2. The molecule has 0 aliphatic heterocycles. The molecule has 0 bridgehead atoms. The van der Waals surface area contributed by atoms with E-state index in [2.05, 4.69) is 10.6 Å². The number of rotatable bonds is 7. The zero-order chi connectivity index (χ0) is 14.3. The van der Waals surface area contributed by atoms with E-state index in [-0.39, 0.29) is 24.9 Å². The largest absolute Gasteiger partial charge is 0.481 e. The minimum atomic E-state index is -0.889. The van der Waals surface area contributed by atoms with Crippen LogP contribution in [0.1, 0.15) is 23.0 Å². The highest BCUT2D eigenvalue weighted by Crippen LogP contribution is 2.07. The fraction of sp³-hybridized carbons (Fsp3) is 0.417. The third kappa shape index (κ3) is 5.52. The summed E-state index contributed by atoms with van der Waals surface area (Å²) in [7, 11) is 0. The van der Waals surface area contributed by atoms with E-state index in [1.807, 2.05) is 0 Å². The molecule has 0 spiro atoms. The maximum Gasteiger partial charge on any atom is 0.306 e. The lowest BCUT2D eigenvalue weighted by Crippen LogP contribution is -2.37. The Labute approximate surface area is 114 Å². The summed E-state index contributed by atoms with van der Waals surface area (Å²) in [5.41, 5.74) is 0. The molecule has 0 radical (unpaired) electrons. The molecule has 1 aromatic heterocycles. The number of carboxylic acids is 1. The summed E-state index contributed by atoms with van der Waals surface area (Å²) in [6.45, 7) is 1.74. The van der Waals surface area contributed by atoms with Crippen molar-refractivity contribution >= 4 is 29.1 Å². The molecule has 1 unspecified atom stereocenters. The van der Waals surface area contributed by atoms with E-state index in [9.17, 15) is 14.4 Å². The minimum Gasteiger partial charge on any atom is -0.481 e. The number of carbonyl (C=O) groups is 3. The first kappa shape index (κ1) is 15.2. The van der Waals surface area contributed by atoms with Crippen molar-refractivity contribution < 1.29 is 19.5 Å². The molecule has 1 rings (SSSR count). The van der Waals surface area contributed by atoms with Crippen LogP contribution >= 0.6 is 11.3 Å². The molecule has 0 aliphatic rings. The molecule has 1 atom stereocenters. The number of nitrogens with one attached hydrogen (secondary N) is 2. The Hall–Kier alpha value is -1.89. The van der Waals surface area contributed by atoms with Gasteiger partial charge in [0, 0.05) is 6.54 Å². The number of carboxylic acid groups (broad SMARTS) is 1. The lowest BCUT2D eigenvalue weighted by atomic mass is 10.1. The molecule has 1 aromatic rings. The number of hydrogen-bond acceptors (Lipinski definition) is 4. The molecular formula is C12H16N2O4S. The van der Waals surface area contributed by atoms with Crippen molar-refractivity contribution in [2.24, 2.45) is 5.92 Å². The van der Waals surface area contributed by atoms with E-state index in [4.69, 9.17) is 5.11 Å². The summed E-state index contributed by atoms with van der Waals surface area (Å²) < 4.78 is 0. The first-order valence-electron chi connectivity index (χ1n) is 5.82. The highest BCUT2D eigenvalue weighted by molar-refractivity contribution is 7.12. The zero-order valence-corrected chi connectivity index (χ0v) is 11.3. The monoisotopic (exact) mass is 284 g/mol. The van der Waals surface area contributed by atoms with Crippen molar-refractivity contribution in [3.63, 3.8) is 0 Å². The number of hydrogen-bond donors (Lipinski definition) is 3. The third-order valence-electron chi connectivity index (χ3n) is 2.48. The van der Waals surface area contributed by atoms with Gasteiger partial charge in [-0.3, -0.25) is 14.4 Å². The van der Waals surface area contributed by atoms with Crippen LogP contribution < -0.4 is 10.6 Å². The molecule has 0 aliphatic carbocycles. The molecule has 0 saturated carbocycles. The Kier molecular flexibility index (Phi) is 6.01. The molecule has 3 N–H and O–H groups in total. The van der Waals surface area contributed by atoms with Crippen molar-refractivity contribution in [3.05, 3.63) is 22.4 Å². The summed E-state index contributed by atoms with van der Waals surface area (Å²) in [4.78, 5) is 34.0. The molecule has 7 heteroatoms. The van der Waals surface area contributed by atoms with E-state index >= 15 is 0 Å². The Bertz CT molecular complexity index is 445. The fourth-order valence-electron chi connectivity index (χ4n) is 1.27. The topological polar surface area (TPSA) is 95.5 Å². The second kappa shape index (κ2) is 7.52. The predicted octanol–water partition coefficient (Wildman–Crippen LogP) is 0.705. The summed E-state index contributed by atoms with van der Waals surface area (Å²) in [5.74, 6) is -2.01. The summed E-state index contributed by atoms with van der Waals surface area (Å²) in [6.07, 6.45) is 0.361. The normalized spacial score (nSPS) is 11.6. The van der Waals surface area contributed by atoms with Gasteiger partial charge in [-0.15, -0.1) is 11.3 Å². The molecule has 1 heterocycles. The van der Waals surface area contributed by atoms with Gasteiger partial charge in [0.05, 0.1) is 17.3 Å². The molecule has 0 saturated heterocycles. The van der Waals surface area contributed by atoms with E-state index < -0.39 is 11.9 Å². The van der Waals surface area contributed by atoms with Gasteiger partial charge >= 0.3 is 5.97 Å². The molecule has 19 heavy (non-hydrogen) atoms. The van der Waals surface area contributed by atoms with Gasteiger partial charge in [-0.2, -0.15) is 0 Å². The Morgan fingerprint density at radius 2 is 2.11 bits per heavy atom. The lowest BCUT2D eigenvalue weighted by Gasteiger charge is -2.08. The standard InChI is InChI=1S/C12H16N2O4S/c1-8(12(17)18)4-5-13-10(15)7-14-11(16)9-3-2-6-19-9/h2-3,6,8H,4-5,7H2,1H3,(H,13,15)(H,14,16)(H,17,18). The van der Waals surface area contributed by atoms with Gasteiger partial charge in [0.25, 0.3) is 5.91 Å². The van der Waals surface area contributed by atoms with Crippen molar-refractivity contribution in [3.8, 4) is 0 Å². The maximum atomic E-state index is 11.5. The molecule has 6 nitrogen and oxygen atoms in total. The number of aliphatic carboxylic acids is 1. The van der Waals surface area contributed by atoms with Gasteiger partial charge in [-0.25, -0.2) is 0 Å². The van der Waals surface area contributed by atoms with Crippen LogP contribution in [0.3, 0.4) is 0 Å². The van der Waals surface area contributed by atoms with Crippen molar-refractivity contribution in [2.45, 2.75) is 13.3 Å². The van der Waals surface area contributed by atoms with Gasteiger partial charge in [0.2, 0.25) is 5.91 Å². The average Bonchev–Trinajstić information content (AvgIpc) is 2.89. The summed E-state index contributed by atoms with van der Waals surface area (Å²) in [6, 6.07) is 3.43. The van der Waals surface area contributed by atoms with Crippen LogP contribution in [0.2, 0.25) is 0 Å². The average molecular weight is 284 g/mol. The van der Waals surface area contributed by atoms with E-state index in [0.29, 0.717) is 11.3 Å². The Morgan fingerprint density at radius 1 is 1.37 bits per heavy atom. The second-order valence-corrected chi connectivity index (χ2v) is 4.99. The van der Waals surface area contributed by atoms with Gasteiger partial charge in [-0.05, 0) is 17.9 Å². The van der Waals surface area contributed by atoms with Crippen LogP contribution in [0.4, 0.5) is 0 Å². The highest BCUT2D eigenvalue weighted by Gasteiger charge is 2.11. The second-order valence-electron chi connectivity index (χ2n) is 4.04. The van der Waals surface area contributed by atoms with E-state index in [1.54, 1.807) is 24.4 Å². The van der Waals surface area contributed by atoms with E-state index in [1.165, 1.54) is 11.3 Å².